The van der Waals surface area contributed by atoms with Crippen LogP contribution < -0.4 is 16.4 Å². The number of allylic oxidation sites excluding steroid dienone is 1. The number of amides is 1. The third-order valence-electron chi connectivity index (χ3n) is 5.61. The Morgan fingerprint density at radius 3 is 2.51 bits per heavy atom. The van der Waals surface area contributed by atoms with E-state index in [1.165, 1.54) is 25.3 Å². The van der Waals surface area contributed by atoms with Crippen molar-refractivity contribution in [2.24, 2.45) is 11.7 Å². The van der Waals surface area contributed by atoms with Gasteiger partial charge in [-0.3, -0.25) is 14.9 Å². The van der Waals surface area contributed by atoms with Gasteiger partial charge in [0.1, 0.15) is 11.9 Å². The molecule has 35 heavy (non-hydrogen) atoms. The van der Waals surface area contributed by atoms with E-state index in [9.17, 15) is 24.5 Å². The van der Waals surface area contributed by atoms with E-state index in [1.54, 1.807) is 26.8 Å². The average molecular weight is 489 g/mol. The van der Waals surface area contributed by atoms with Gasteiger partial charge in [-0.25, -0.2) is 9.59 Å². The highest BCUT2D eigenvalue weighted by atomic mass is 16.6. The summed E-state index contributed by atoms with van der Waals surface area (Å²) >= 11 is 0. The summed E-state index contributed by atoms with van der Waals surface area (Å²) in [5, 5.41) is 16.9. The maximum absolute atomic E-state index is 13.6. The number of benzene rings is 1. The van der Waals surface area contributed by atoms with E-state index < -0.39 is 34.7 Å². The molecule has 2 rings (SSSR count). The van der Waals surface area contributed by atoms with Gasteiger partial charge in [-0.15, -0.1) is 0 Å². The Morgan fingerprint density at radius 2 is 1.94 bits per heavy atom. The molecule has 2 unspecified atom stereocenters. The van der Waals surface area contributed by atoms with E-state index in [0.29, 0.717) is 17.7 Å². The number of carbonyl (C=O) groups is 3. The van der Waals surface area contributed by atoms with Gasteiger partial charge < -0.3 is 25.8 Å². The molecule has 11 nitrogen and oxygen atoms in total. The average Bonchev–Trinajstić information content (AvgIpc) is 2.81. The van der Waals surface area contributed by atoms with Crippen molar-refractivity contribution >= 4 is 23.5 Å². The van der Waals surface area contributed by atoms with Gasteiger partial charge in [0, 0.05) is 23.4 Å². The van der Waals surface area contributed by atoms with E-state index >= 15 is 0 Å². The minimum absolute atomic E-state index is 0.0400. The number of non-ortho nitro benzene ring substituents is 1. The Bertz CT molecular complexity index is 1060. The van der Waals surface area contributed by atoms with Crippen LogP contribution in [0.4, 0.5) is 5.69 Å². The number of ether oxygens (including phenoxy) is 2. The molecule has 0 radical (unpaired) electrons. The number of hydrogen-bond acceptors (Lipinski definition) is 9. The first kappa shape index (κ1) is 27.4. The van der Waals surface area contributed by atoms with Gasteiger partial charge in [0.25, 0.3) is 11.6 Å². The summed E-state index contributed by atoms with van der Waals surface area (Å²) in [6, 6.07) is 4.63. The Kier molecular flexibility index (Phi) is 9.38. The number of nitrogens with two attached hydrogens (primary N) is 1. The number of methoxy groups -OCH3 is 1. The minimum atomic E-state index is -1.08. The number of rotatable bonds is 10. The SMILES string of the molecule is CCCCOC(=O)C(NC(=O)C1=C(C)NC(N)=C(C(=O)OC)C1c1cccc([N+](=O)[O-])c1)C(C)C. The summed E-state index contributed by atoms with van der Waals surface area (Å²) in [6.45, 7) is 7.32. The minimum Gasteiger partial charge on any atom is -0.466 e. The normalized spacial score (nSPS) is 16.5. The zero-order valence-electron chi connectivity index (χ0n) is 20.5. The second kappa shape index (κ2) is 12.0. The smallest absolute Gasteiger partial charge is 0.338 e. The number of carbonyl (C=O) groups excluding carboxylic acids is 3. The van der Waals surface area contributed by atoms with Crippen LogP contribution in [0.2, 0.25) is 0 Å². The standard InChI is InChI=1S/C24H32N4O7/c1-6-7-11-35-24(31)20(13(2)3)27-22(29)17-14(4)26-21(25)19(23(30)34-5)18(17)15-9-8-10-16(12-15)28(32)33/h8-10,12-13,18,20,26H,6-7,11,25H2,1-5H3,(H,27,29). The molecule has 4 N–H and O–H groups in total. The van der Waals surface area contributed by atoms with Crippen LogP contribution in [0, 0.1) is 16.0 Å². The van der Waals surface area contributed by atoms with E-state index in [1.807, 2.05) is 6.92 Å². The lowest BCUT2D eigenvalue weighted by molar-refractivity contribution is -0.384. The summed E-state index contributed by atoms with van der Waals surface area (Å²) in [5.41, 5.74) is 6.49. The molecule has 0 saturated carbocycles. The highest BCUT2D eigenvalue weighted by molar-refractivity contribution is 6.03. The molecule has 1 aromatic carbocycles. The van der Waals surface area contributed by atoms with Gasteiger partial charge in [0.05, 0.1) is 30.1 Å². The van der Waals surface area contributed by atoms with Crippen LogP contribution in [-0.4, -0.2) is 42.5 Å². The number of esters is 2. The first-order valence-corrected chi connectivity index (χ1v) is 11.3. The van der Waals surface area contributed by atoms with Crippen LogP contribution in [0.15, 0.2) is 46.9 Å². The van der Waals surface area contributed by atoms with Crippen molar-refractivity contribution < 1.29 is 28.8 Å². The number of hydrogen-bond donors (Lipinski definition) is 3. The van der Waals surface area contributed by atoms with Crippen LogP contribution in [0.25, 0.3) is 0 Å². The zero-order chi connectivity index (χ0) is 26.3. The molecule has 1 aliphatic heterocycles. The van der Waals surface area contributed by atoms with Crippen molar-refractivity contribution in [3.63, 3.8) is 0 Å². The van der Waals surface area contributed by atoms with Crippen molar-refractivity contribution in [1.82, 2.24) is 10.6 Å². The van der Waals surface area contributed by atoms with Crippen molar-refractivity contribution in [3.8, 4) is 0 Å². The molecule has 0 saturated heterocycles. The van der Waals surface area contributed by atoms with Gasteiger partial charge in [0.2, 0.25) is 0 Å². The Balaban J connectivity index is 2.54. The molecule has 1 heterocycles. The molecule has 190 valence electrons. The number of nitrogens with one attached hydrogen (secondary N) is 2. The second-order valence-electron chi connectivity index (χ2n) is 8.48. The summed E-state index contributed by atoms with van der Waals surface area (Å²) in [6.07, 6.45) is 1.54. The number of nitro benzene ring substituents is 1. The topological polar surface area (TPSA) is 163 Å². The maximum Gasteiger partial charge on any atom is 0.338 e. The predicted octanol–water partition coefficient (Wildman–Crippen LogP) is 2.38. The first-order valence-electron chi connectivity index (χ1n) is 11.3. The van der Waals surface area contributed by atoms with E-state index in [-0.39, 0.29) is 35.2 Å². The molecule has 1 aliphatic rings. The van der Waals surface area contributed by atoms with E-state index in [4.69, 9.17) is 15.2 Å². The summed E-state index contributed by atoms with van der Waals surface area (Å²) in [5.74, 6) is -3.42. The molecule has 11 heteroatoms. The number of dihydropyridines is 1. The highest BCUT2D eigenvalue weighted by Crippen LogP contribution is 2.39. The van der Waals surface area contributed by atoms with Crippen molar-refractivity contribution in [1.29, 1.82) is 0 Å². The Morgan fingerprint density at radius 1 is 1.26 bits per heavy atom. The van der Waals surface area contributed by atoms with Gasteiger partial charge in [-0.05, 0) is 24.8 Å². The first-order chi connectivity index (χ1) is 16.5. The third-order valence-corrected chi connectivity index (χ3v) is 5.61. The van der Waals surface area contributed by atoms with Crippen LogP contribution >= 0.6 is 0 Å². The summed E-state index contributed by atoms with van der Waals surface area (Å²) in [4.78, 5) is 49.7. The van der Waals surface area contributed by atoms with E-state index in [2.05, 4.69) is 10.6 Å². The van der Waals surface area contributed by atoms with Gasteiger partial charge in [-0.1, -0.05) is 39.3 Å². The van der Waals surface area contributed by atoms with Crippen molar-refractivity contribution in [2.75, 3.05) is 13.7 Å². The van der Waals surface area contributed by atoms with Gasteiger partial charge in [0.15, 0.2) is 0 Å². The lowest BCUT2D eigenvalue weighted by Gasteiger charge is -2.31. The Hall–Kier alpha value is -3.89. The number of nitrogens with zero attached hydrogens (tertiary/aromatic N) is 1. The van der Waals surface area contributed by atoms with Crippen LogP contribution in [-0.2, 0) is 23.9 Å². The fraction of sp³-hybridized carbons (Fsp3) is 0.458. The summed E-state index contributed by atoms with van der Waals surface area (Å²) in [7, 11) is 1.17. The zero-order valence-corrected chi connectivity index (χ0v) is 20.5. The molecule has 0 spiro atoms. The molecular weight excluding hydrogens is 456 g/mol. The molecule has 0 bridgehead atoms. The van der Waals surface area contributed by atoms with Crippen molar-refractivity contribution in [2.45, 2.75) is 52.5 Å². The molecule has 2 atom stereocenters. The maximum atomic E-state index is 13.6. The molecule has 0 aromatic heterocycles. The van der Waals surface area contributed by atoms with Gasteiger partial charge >= 0.3 is 11.9 Å². The number of nitro groups is 1. The van der Waals surface area contributed by atoms with Crippen LogP contribution in [0.3, 0.4) is 0 Å². The van der Waals surface area contributed by atoms with Crippen LogP contribution in [0.5, 0.6) is 0 Å². The van der Waals surface area contributed by atoms with Crippen LogP contribution in [0.1, 0.15) is 52.0 Å². The van der Waals surface area contributed by atoms with E-state index in [0.717, 1.165) is 6.42 Å². The second-order valence-corrected chi connectivity index (χ2v) is 8.48. The highest BCUT2D eigenvalue weighted by Gasteiger charge is 2.39. The molecular formula is C24H32N4O7. The molecule has 0 fully saturated rings. The quantitative estimate of drug-likeness (QED) is 0.194. The lowest BCUT2D eigenvalue weighted by Crippen LogP contribution is -2.48. The predicted molar refractivity (Wildman–Crippen MR) is 128 cm³/mol. The largest absolute Gasteiger partial charge is 0.466 e. The monoisotopic (exact) mass is 488 g/mol. The Labute approximate surface area is 203 Å². The third kappa shape index (κ3) is 6.37. The fourth-order valence-corrected chi connectivity index (χ4v) is 3.77. The fourth-order valence-electron chi connectivity index (χ4n) is 3.77. The molecule has 1 aromatic rings. The lowest BCUT2D eigenvalue weighted by atomic mass is 9.80. The number of unbranched alkanes of at least 4 members (excludes halogenated alkanes) is 1. The molecule has 0 aliphatic carbocycles. The van der Waals surface area contributed by atoms with Gasteiger partial charge in [-0.2, -0.15) is 0 Å². The summed E-state index contributed by atoms with van der Waals surface area (Å²) < 4.78 is 10.2. The van der Waals surface area contributed by atoms with Crippen molar-refractivity contribution in [3.05, 3.63) is 62.6 Å². The molecule has 1 amide bonds.